The first-order valence-corrected chi connectivity index (χ1v) is 9.91. The van der Waals surface area contributed by atoms with Crippen LogP contribution in [0.25, 0.3) is 0 Å². The van der Waals surface area contributed by atoms with Crippen LogP contribution in [0, 0.1) is 0 Å². The largest absolute Gasteiger partial charge is 0.489 e. The van der Waals surface area contributed by atoms with E-state index in [1.165, 1.54) is 5.57 Å². The maximum Gasteiger partial charge on any atom is 0.135 e. The van der Waals surface area contributed by atoms with Crippen molar-refractivity contribution in [3.05, 3.63) is 94.9 Å². The smallest absolute Gasteiger partial charge is 0.135 e. The summed E-state index contributed by atoms with van der Waals surface area (Å²) in [5.41, 5.74) is 16.4. The lowest BCUT2D eigenvalue weighted by Gasteiger charge is -2.14. The van der Waals surface area contributed by atoms with Crippen LogP contribution in [0.3, 0.4) is 0 Å². The highest BCUT2D eigenvalue weighted by Gasteiger charge is 2.11. The fraction of sp³-hybridized carbons (Fsp3) is 0.240. The number of amidine groups is 1. The number of nitrogens with zero attached hydrogens (tertiary/aromatic N) is 1. The molecular weight excluding hydrogens is 374 g/mol. The van der Waals surface area contributed by atoms with Crippen LogP contribution in [-0.4, -0.2) is 12.4 Å². The van der Waals surface area contributed by atoms with E-state index >= 15 is 0 Å². The molecular formula is C25H31N3O2. The third-order valence-corrected chi connectivity index (χ3v) is 4.18. The van der Waals surface area contributed by atoms with Crippen molar-refractivity contribution < 1.29 is 9.47 Å². The lowest BCUT2D eigenvalue weighted by Crippen LogP contribution is -2.16. The van der Waals surface area contributed by atoms with Gasteiger partial charge in [0.05, 0.1) is 11.3 Å². The molecule has 0 heterocycles. The van der Waals surface area contributed by atoms with Gasteiger partial charge in [-0.25, -0.2) is 4.99 Å². The summed E-state index contributed by atoms with van der Waals surface area (Å²) in [6.45, 7) is 8.65. The molecule has 0 bridgehead atoms. The van der Waals surface area contributed by atoms with E-state index in [9.17, 15) is 0 Å². The Morgan fingerprint density at radius 2 is 1.73 bits per heavy atom. The zero-order chi connectivity index (χ0) is 21.9. The Labute approximate surface area is 179 Å². The van der Waals surface area contributed by atoms with Gasteiger partial charge in [-0.15, -0.1) is 0 Å². The normalized spacial score (nSPS) is 12.5. The van der Waals surface area contributed by atoms with E-state index in [0.717, 1.165) is 5.56 Å². The van der Waals surface area contributed by atoms with Crippen LogP contribution in [0.5, 0.6) is 11.5 Å². The van der Waals surface area contributed by atoms with Gasteiger partial charge in [-0.2, -0.15) is 0 Å². The quantitative estimate of drug-likeness (QED) is 0.264. The highest BCUT2D eigenvalue weighted by atomic mass is 16.5. The summed E-state index contributed by atoms with van der Waals surface area (Å²) in [7, 11) is 0. The summed E-state index contributed by atoms with van der Waals surface area (Å²) in [6, 6.07) is 15.6. The molecule has 0 aliphatic carbocycles. The van der Waals surface area contributed by atoms with E-state index in [4.69, 9.17) is 20.9 Å². The summed E-state index contributed by atoms with van der Waals surface area (Å²) in [6.07, 6.45) is 5.70. The number of hydrogen-bond acceptors (Lipinski definition) is 4. The second-order valence-corrected chi connectivity index (χ2v) is 7.09. The Morgan fingerprint density at radius 3 is 2.37 bits per heavy atom. The molecule has 2 aromatic carbocycles. The van der Waals surface area contributed by atoms with E-state index in [0.29, 0.717) is 47.5 Å². The van der Waals surface area contributed by atoms with Gasteiger partial charge in [-0.05, 0) is 63.6 Å². The van der Waals surface area contributed by atoms with Crippen LogP contribution in [0.4, 0.5) is 0 Å². The number of nitrogens with two attached hydrogens (primary N) is 2. The molecule has 0 fully saturated rings. The van der Waals surface area contributed by atoms with E-state index in [2.05, 4.69) is 4.99 Å². The number of ether oxygens (including phenoxy) is 2. The molecule has 0 aromatic heterocycles. The van der Waals surface area contributed by atoms with Crippen molar-refractivity contribution in [3.63, 3.8) is 0 Å². The fourth-order valence-corrected chi connectivity index (χ4v) is 2.57. The van der Waals surface area contributed by atoms with Crippen LogP contribution in [-0.2, 0) is 6.61 Å². The third-order valence-electron chi connectivity index (χ3n) is 4.18. The lowest BCUT2D eigenvalue weighted by molar-refractivity contribution is 0.304. The molecule has 0 radical (unpaired) electrons. The van der Waals surface area contributed by atoms with Gasteiger partial charge in [0.25, 0.3) is 0 Å². The average molecular weight is 406 g/mol. The monoisotopic (exact) mass is 405 g/mol. The van der Waals surface area contributed by atoms with Gasteiger partial charge < -0.3 is 20.9 Å². The van der Waals surface area contributed by atoms with E-state index in [-0.39, 0.29) is 0 Å². The molecule has 0 spiro atoms. The zero-order valence-corrected chi connectivity index (χ0v) is 18.2. The molecule has 0 unspecified atom stereocenters. The molecule has 0 saturated carbocycles. The molecule has 2 rings (SSSR count). The summed E-state index contributed by atoms with van der Waals surface area (Å²) in [5.74, 6) is 1.63. The first-order chi connectivity index (χ1) is 14.4. The third kappa shape index (κ3) is 7.17. The van der Waals surface area contributed by atoms with Gasteiger partial charge in [0, 0.05) is 5.70 Å². The van der Waals surface area contributed by atoms with E-state index < -0.39 is 0 Å². The van der Waals surface area contributed by atoms with Crippen LogP contribution in [0.1, 0.15) is 38.8 Å². The highest BCUT2D eigenvalue weighted by molar-refractivity contribution is 6.01. The Balaban J connectivity index is 2.35. The zero-order valence-electron chi connectivity index (χ0n) is 18.2. The number of aliphatic imine (C=N–C) groups is 1. The Morgan fingerprint density at radius 1 is 1.00 bits per heavy atom. The molecule has 0 amide bonds. The first-order valence-electron chi connectivity index (χ1n) is 9.91. The SMILES string of the molecule is C/C=C\C(N=C(N)c1cc(OCc2ccccc2)ccc1OCC=C(C)C)=C(\C)N. The highest BCUT2D eigenvalue weighted by Crippen LogP contribution is 2.26. The van der Waals surface area contributed by atoms with Gasteiger partial charge in [0.2, 0.25) is 0 Å². The van der Waals surface area contributed by atoms with Crippen molar-refractivity contribution in [2.24, 2.45) is 16.5 Å². The maximum absolute atomic E-state index is 6.35. The summed E-state index contributed by atoms with van der Waals surface area (Å²) in [4.78, 5) is 4.51. The minimum absolute atomic E-state index is 0.310. The standard InChI is InChI=1S/C25H31N3O2/c1-5-9-23(19(4)26)28-25(27)22-16-21(30-17-20-10-7-6-8-11-20)12-13-24(22)29-15-14-18(2)3/h5-14,16H,15,17,26H2,1-4H3,(H2,27,28)/b9-5-,23-19+. The maximum atomic E-state index is 6.35. The molecule has 0 aliphatic rings. The summed E-state index contributed by atoms with van der Waals surface area (Å²) >= 11 is 0. The van der Waals surface area contributed by atoms with Crippen molar-refractivity contribution in [1.29, 1.82) is 0 Å². The van der Waals surface area contributed by atoms with E-state index in [1.54, 1.807) is 6.92 Å². The predicted molar refractivity (Wildman–Crippen MR) is 125 cm³/mol. The lowest BCUT2D eigenvalue weighted by atomic mass is 10.1. The summed E-state index contributed by atoms with van der Waals surface area (Å²) in [5, 5.41) is 0. The van der Waals surface area contributed by atoms with E-state index in [1.807, 2.05) is 87.5 Å². The Kier molecular flexibility index (Phi) is 8.75. The Hall–Kier alpha value is -3.47. The van der Waals surface area contributed by atoms with Gasteiger partial charge in [-0.3, -0.25) is 0 Å². The van der Waals surface area contributed by atoms with Gasteiger partial charge in [0.1, 0.15) is 30.5 Å². The second-order valence-electron chi connectivity index (χ2n) is 7.09. The van der Waals surface area contributed by atoms with Crippen molar-refractivity contribution in [1.82, 2.24) is 0 Å². The predicted octanol–water partition coefficient (Wildman–Crippen LogP) is 5.08. The molecule has 4 N–H and O–H groups in total. The van der Waals surface area contributed by atoms with Crippen molar-refractivity contribution in [2.75, 3.05) is 6.61 Å². The molecule has 5 heteroatoms. The van der Waals surface area contributed by atoms with Gasteiger partial charge in [0.15, 0.2) is 0 Å². The molecule has 0 atom stereocenters. The van der Waals surface area contributed by atoms with Crippen LogP contribution < -0.4 is 20.9 Å². The molecule has 0 aliphatic heterocycles. The van der Waals surface area contributed by atoms with Crippen molar-refractivity contribution in [3.8, 4) is 11.5 Å². The molecule has 0 saturated heterocycles. The Bertz CT molecular complexity index is 950. The number of benzene rings is 2. The molecule has 158 valence electrons. The number of allylic oxidation sites excluding steroid dienone is 4. The minimum Gasteiger partial charge on any atom is -0.489 e. The first kappa shape index (κ1) is 22.8. The number of rotatable bonds is 9. The fourth-order valence-electron chi connectivity index (χ4n) is 2.57. The van der Waals surface area contributed by atoms with Gasteiger partial charge in [-0.1, -0.05) is 42.0 Å². The van der Waals surface area contributed by atoms with Crippen LogP contribution in [0.2, 0.25) is 0 Å². The number of hydrogen-bond donors (Lipinski definition) is 2. The van der Waals surface area contributed by atoms with Crippen molar-refractivity contribution in [2.45, 2.75) is 34.3 Å². The average Bonchev–Trinajstić information content (AvgIpc) is 2.72. The molecule has 2 aromatic rings. The topological polar surface area (TPSA) is 82.9 Å². The second kappa shape index (κ2) is 11.5. The minimum atomic E-state index is 0.310. The van der Waals surface area contributed by atoms with Crippen LogP contribution in [0.15, 0.2) is 88.7 Å². The summed E-state index contributed by atoms with van der Waals surface area (Å²) < 4.78 is 11.9. The van der Waals surface area contributed by atoms with Gasteiger partial charge >= 0.3 is 0 Å². The van der Waals surface area contributed by atoms with Crippen LogP contribution >= 0.6 is 0 Å². The van der Waals surface area contributed by atoms with Crippen molar-refractivity contribution >= 4 is 5.84 Å². The molecule has 30 heavy (non-hydrogen) atoms. The molecule has 5 nitrogen and oxygen atoms in total.